The van der Waals surface area contributed by atoms with E-state index in [2.05, 4.69) is 23.0 Å². The number of fused-ring (bicyclic) bond motifs is 1. The fourth-order valence-corrected chi connectivity index (χ4v) is 2.31. The molecule has 1 aromatic carbocycles. The lowest BCUT2D eigenvalue weighted by atomic mass is 10.1. The Labute approximate surface area is 111 Å². The number of pyridine rings is 1. The third-order valence-corrected chi connectivity index (χ3v) is 3.42. The number of hydrogen-bond acceptors (Lipinski definition) is 3. The number of hydrogen-bond donors (Lipinski definition) is 1. The van der Waals surface area contributed by atoms with Crippen molar-refractivity contribution in [2.75, 3.05) is 5.73 Å². The number of benzene rings is 1. The molecule has 3 aromatic rings. The minimum atomic E-state index is 0.708. The molecular formula is C15H16N4. The summed E-state index contributed by atoms with van der Waals surface area (Å²) < 4.78 is 1.95. The lowest BCUT2D eigenvalue weighted by Gasteiger charge is -2.02. The molecule has 0 saturated heterocycles. The van der Waals surface area contributed by atoms with E-state index < -0.39 is 0 Å². The largest absolute Gasteiger partial charge is 0.383 e. The molecule has 0 aliphatic heterocycles. The Bertz CT molecular complexity index is 743. The van der Waals surface area contributed by atoms with Gasteiger partial charge in [0.25, 0.3) is 0 Å². The standard InChI is InChI=1S/C15H16N4/c1-3-13-18-14(15(16)19(13)2)11-6-7-12-10(9-11)5-4-8-17-12/h4-9H,3,16H2,1-2H3. The van der Waals surface area contributed by atoms with Crippen LogP contribution in [-0.2, 0) is 13.5 Å². The molecule has 0 amide bonds. The first-order chi connectivity index (χ1) is 9.20. The van der Waals surface area contributed by atoms with Gasteiger partial charge in [-0.3, -0.25) is 4.98 Å². The van der Waals surface area contributed by atoms with Crippen LogP contribution in [0.15, 0.2) is 36.5 Å². The average Bonchev–Trinajstić information content (AvgIpc) is 2.74. The van der Waals surface area contributed by atoms with E-state index in [-0.39, 0.29) is 0 Å². The Hall–Kier alpha value is -2.36. The van der Waals surface area contributed by atoms with Crippen LogP contribution in [0.25, 0.3) is 22.2 Å². The number of aromatic nitrogens is 3. The Morgan fingerprint density at radius 3 is 2.84 bits per heavy atom. The average molecular weight is 252 g/mol. The smallest absolute Gasteiger partial charge is 0.131 e. The number of nitrogen functional groups attached to an aromatic ring is 1. The number of nitrogens with two attached hydrogens (primary N) is 1. The van der Waals surface area contributed by atoms with Crippen molar-refractivity contribution in [3.05, 3.63) is 42.4 Å². The van der Waals surface area contributed by atoms with E-state index >= 15 is 0 Å². The third-order valence-electron chi connectivity index (χ3n) is 3.42. The van der Waals surface area contributed by atoms with Gasteiger partial charge < -0.3 is 10.3 Å². The van der Waals surface area contributed by atoms with E-state index in [1.807, 2.05) is 35.9 Å². The van der Waals surface area contributed by atoms with Gasteiger partial charge in [-0.1, -0.05) is 19.1 Å². The van der Waals surface area contributed by atoms with Gasteiger partial charge in [0.1, 0.15) is 17.3 Å². The molecule has 2 heterocycles. The van der Waals surface area contributed by atoms with Gasteiger partial charge in [-0.15, -0.1) is 0 Å². The second-order valence-corrected chi connectivity index (χ2v) is 4.59. The molecule has 0 aliphatic carbocycles. The molecule has 4 nitrogen and oxygen atoms in total. The minimum Gasteiger partial charge on any atom is -0.383 e. The topological polar surface area (TPSA) is 56.7 Å². The quantitative estimate of drug-likeness (QED) is 0.763. The Balaban J connectivity index is 2.19. The van der Waals surface area contributed by atoms with Crippen LogP contribution >= 0.6 is 0 Å². The molecule has 2 N–H and O–H groups in total. The van der Waals surface area contributed by atoms with E-state index in [0.717, 1.165) is 34.4 Å². The molecule has 0 unspecified atom stereocenters. The summed E-state index contributed by atoms with van der Waals surface area (Å²) in [6.45, 7) is 2.08. The molecule has 2 aromatic heterocycles. The van der Waals surface area contributed by atoms with Gasteiger partial charge >= 0.3 is 0 Å². The Morgan fingerprint density at radius 1 is 1.26 bits per heavy atom. The van der Waals surface area contributed by atoms with E-state index in [9.17, 15) is 0 Å². The minimum absolute atomic E-state index is 0.708. The van der Waals surface area contributed by atoms with E-state index in [0.29, 0.717) is 5.82 Å². The van der Waals surface area contributed by atoms with Gasteiger partial charge in [-0.25, -0.2) is 4.98 Å². The van der Waals surface area contributed by atoms with Crippen LogP contribution in [0.1, 0.15) is 12.7 Å². The summed E-state index contributed by atoms with van der Waals surface area (Å²) in [4.78, 5) is 8.94. The molecule has 0 bridgehead atoms. The molecule has 3 rings (SSSR count). The van der Waals surface area contributed by atoms with Crippen LogP contribution in [0, 0.1) is 0 Å². The summed E-state index contributed by atoms with van der Waals surface area (Å²) in [5.41, 5.74) is 9.01. The number of anilines is 1. The molecule has 0 fully saturated rings. The highest BCUT2D eigenvalue weighted by Gasteiger charge is 2.12. The van der Waals surface area contributed by atoms with Gasteiger partial charge in [0, 0.05) is 30.6 Å². The summed E-state index contributed by atoms with van der Waals surface area (Å²) in [5.74, 6) is 1.71. The highest BCUT2D eigenvalue weighted by molar-refractivity contribution is 5.85. The maximum atomic E-state index is 6.14. The van der Waals surface area contributed by atoms with Crippen molar-refractivity contribution in [3.63, 3.8) is 0 Å². The maximum absolute atomic E-state index is 6.14. The first kappa shape index (κ1) is 11.7. The normalized spacial score (nSPS) is 11.1. The van der Waals surface area contributed by atoms with Crippen LogP contribution in [0.2, 0.25) is 0 Å². The van der Waals surface area contributed by atoms with Crippen molar-refractivity contribution < 1.29 is 0 Å². The Kier molecular flexibility index (Phi) is 2.71. The van der Waals surface area contributed by atoms with Crippen LogP contribution in [-0.4, -0.2) is 14.5 Å². The first-order valence-corrected chi connectivity index (χ1v) is 6.37. The van der Waals surface area contributed by atoms with Gasteiger partial charge in [0.15, 0.2) is 0 Å². The predicted octanol–water partition coefficient (Wildman–Crippen LogP) is 2.78. The molecule has 96 valence electrons. The van der Waals surface area contributed by atoms with Crippen molar-refractivity contribution in [2.24, 2.45) is 7.05 Å². The third kappa shape index (κ3) is 1.85. The van der Waals surface area contributed by atoms with Crippen molar-refractivity contribution >= 4 is 16.7 Å². The highest BCUT2D eigenvalue weighted by Crippen LogP contribution is 2.28. The Morgan fingerprint density at radius 2 is 2.11 bits per heavy atom. The van der Waals surface area contributed by atoms with E-state index in [1.54, 1.807) is 6.20 Å². The zero-order valence-electron chi connectivity index (χ0n) is 11.1. The van der Waals surface area contributed by atoms with E-state index in [1.165, 1.54) is 0 Å². The van der Waals surface area contributed by atoms with Crippen molar-refractivity contribution in [2.45, 2.75) is 13.3 Å². The summed E-state index contributed by atoms with van der Waals surface area (Å²) in [6.07, 6.45) is 2.67. The zero-order valence-corrected chi connectivity index (χ0v) is 11.1. The van der Waals surface area contributed by atoms with Crippen LogP contribution in [0.5, 0.6) is 0 Å². The van der Waals surface area contributed by atoms with Crippen molar-refractivity contribution in [1.82, 2.24) is 14.5 Å². The van der Waals surface area contributed by atoms with Gasteiger partial charge in [0.05, 0.1) is 5.52 Å². The summed E-state index contributed by atoms with van der Waals surface area (Å²) in [7, 11) is 1.95. The molecule has 0 aliphatic rings. The number of rotatable bonds is 2. The molecule has 0 spiro atoms. The highest BCUT2D eigenvalue weighted by atomic mass is 15.1. The van der Waals surface area contributed by atoms with Crippen LogP contribution in [0.3, 0.4) is 0 Å². The van der Waals surface area contributed by atoms with Crippen molar-refractivity contribution in [3.8, 4) is 11.3 Å². The second-order valence-electron chi connectivity index (χ2n) is 4.59. The molecular weight excluding hydrogens is 236 g/mol. The monoisotopic (exact) mass is 252 g/mol. The first-order valence-electron chi connectivity index (χ1n) is 6.37. The SMILES string of the molecule is CCc1nc(-c2ccc3ncccc3c2)c(N)n1C. The molecule has 0 radical (unpaired) electrons. The van der Waals surface area contributed by atoms with Crippen LogP contribution < -0.4 is 5.73 Å². The second kappa shape index (κ2) is 4.39. The predicted molar refractivity (Wildman–Crippen MR) is 77.7 cm³/mol. The van der Waals surface area contributed by atoms with Gasteiger partial charge in [-0.2, -0.15) is 0 Å². The van der Waals surface area contributed by atoms with Crippen LogP contribution in [0.4, 0.5) is 5.82 Å². The fraction of sp³-hybridized carbons (Fsp3) is 0.200. The summed E-state index contributed by atoms with van der Waals surface area (Å²) in [5, 5.41) is 1.10. The summed E-state index contributed by atoms with van der Waals surface area (Å²) >= 11 is 0. The molecule has 19 heavy (non-hydrogen) atoms. The summed E-state index contributed by atoms with van der Waals surface area (Å²) in [6, 6.07) is 10.1. The van der Waals surface area contributed by atoms with Gasteiger partial charge in [0.2, 0.25) is 0 Å². The molecule has 4 heteroatoms. The molecule has 0 atom stereocenters. The van der Waals surface area contributed by atoms with Crippen molar-refractivity contribution in [1.29, 1.82) is 0 Å². The fourth-order valence-electron chi connectivity index (χ4n) is 2.31. The molecule has 0 saturated carbocycles. The maximum Gasteiger partial charge on any atom is 0.131 e. The van der Waals surface area contributed by atoms with Gasteiger partial charge in [-0.05, 0) is 18.2 Å². The lowest BCUT2D eigenvalue weighted by molar-refractivity contribution is 0.816. The van der Waals surface area contributed by atoms with E-state index in [4.69, 9.17) is 5.73 Å². The number of aryl methyl sites for hydroxylation is 1. The zero-order chi connectivity index (χ0) is 13.4. The lowest BCUT2D eigenvalue weighted by Crippen LogP contribution is -2.00. The number of nitrogens with zero attached hydrogens (tertiary/aromatic N) is 3. The number of imidazole rings is 1.